The molecule has 1 saturated heterocycles. The summed E-state index contributed by atoms with van der Waals surface area (Å²) in [6.45, 7) is 13.6. The van der Waals surface area contributed by atoms with Crippen LogP contribution in [0.5, 0.6) is 0 Å². The average Bonchev–Trinajstić information content (AvgIpc) is 2.36. The zero-order valence-corrected chi connectivity index (χ0v) is 13.1. The molecule has 1 aliphatic rings. The van der Waals surface area contributed by atoms with Gasteiger partial charge in [0.25, 0.3) is 0 Å². The van der Waals surface area contributed by atoms with Crippen LogP contribution in [0, 0.1) is 11.8 Å². The van der Waals surface area contributed by atoms with Gasteiger partial charge in [-0.25, -0.2) is 0 Å². The molecule has 1 atom stereocenters. The van der Waals surface area contributed by atoms with E-state index in [2.05, 4.69) is 32.6 Å². The summed E-state index contributed by atoms with van der Waals surface area (Å²) in [6, 6.07) is -0.00790. The van der Waals surface area contributed by atoms with E-state index in [0.29, 0.717) is 12.3 Å². The van der Waals surface area contributed by atoms with Gasteiger partial charge >= 0.3 is 0 Å². The Morgan fingerprint density at radius 2 is 1.68 bits per heavy atom. The minimum absolute atomic E-state index is 0.00790. The highest BCUT2D eigenvalue weighted by Gasteiger charge is 2.23. The Kier molecular flexibility index (Phi) is 6.80. The fourth-order valence-electron chi connectivity index (χ4n) is 2.23. The number of hydrogen-bond acceptors (Lipinski definition) is 3. The minimum atomic E-state index is -0.00790. The van der Waals surface area contributed by atoms with E-state index >= 15 is 0 Å². The van der Waals surface area contributed by atoms with Crippen LogP contribution in [0.3, 0.4) is 0 Å². The number of carbonyl (C=O) groups excluding carboxylic acids is 1. The Labute approximate surface area is 118 Å². The van der Waals surface area contributed by atoms with Gasteiger partial charge in [0.1, 0.15) is 0 Å². The molecule has 1 heterocycles. The molecule has 0 radical (unpaired) electrons. The fourth-order valence-corrected chi connectivity index (χ4v) is 2.23. The maximum atomic E-state index is 12.1. The van der Waals surface area contributed by atoms with Gasteiger partial charge < -0.3 is 10.6 Å². The number of rotatable bonds is 6. The van der Waals surface area contributed by atoms with Crippen LogP contribution in [0.15, 0.2) is 0 Å². The molecule has 1 unspecified atom stereocenters. The minimum Gasteiger partial charge on any atom is -0.340 e. The summed E-state index contributed by atoms with van der Waals surface area (Å²) < 4.78 is 0. The third-order valence-electron chi connectivity index (χ3n) is 4.01. The molecule has 0 aromatic rings. The van der Waals surface area contributed by atoms with Crippen LogP contribution >= 0.6 is 0 Å². The first-order valence-corrected chi connectivity index (χ1v) is 7.65. The number of nitrogens with two attached hydrogens (primary N) is 1. The molecule has 1 amide bonds. The van der Waals surface area contributed by atoms with E-state index < -0.39 is 0 Å². The van der Waals surface area contributed by atoms with Crippen LogP contribution in [0.25, 0.3) is 0 Å². The molecule has 0 spiro atoms. The molecule has 19 heavy (non-hydrogen) atoms. The second kappa shape index (κ2) is 7.85. The van der Waals surface area contributed by atoms with Gasteiger partial charge in [0.05, 0.1) is 0 Å². The van der Waals surface area contributed by atoms with E-state index in [1.807, 2.05) is 4.90 Å². The summed E-state index contributed by atoms with van der Waals surface area (Å²) in [6.07, 6.45) is 1.73. The van der Waals surface area contributed by atoms with Gasteiger partial charge in [-0.2, -0.15) is 0 Å². The Balaban J connectivity index is 2.27. The van der Waals surface area contributed by atoms with Crippen molar-refractivity contribution in [2.45, 2.75) is 46.6 Å². The smallest absolute Gasteiger partial charge is 0.224 e. The molecule has 4 nitrogen and oxygen atoms in total. The second-order valence-corrected chi connectivity index (χ2v) is 6.52. The lowest BCUT2D eigenvalue weighted by atomic mass is 10.0. The van der Waals surface area contributed by atoms with Crippen LogP contribution in [0.4, 0.5) is 0 Å². The highest BCUT2D eigenvalue weighted by Crippen LogP contribution is 2.10. The quantitative estimate of drug-likeness (QED) is 0.796. The second-order valence-electron chi connectivity index (χ2n) is 6.52. The monoisotopic (exact) mass is 269 g/mol. The van der Waals surface area contributed by atoms with E-state index in [1.165, 1.54) is 6.42 Å². The van der Waals surface area contributed by atoms with Gasteiger partial charge in [-0.15, -0.1) is 0 Å². The highest BCUT2D eigenvalue weighted by molar-refractivity contribution is 5.77. The number of hydrogen-bond donors (Lipinski definition) is 1. The maximum absolute atomic E-state index is 12.1. The molecule has 1 rings (SSSR count). The van der Waals surface area contributed by atoms with Crippen molar-refractivity contribution >= 4 is 5.91 Å². The topological polar surface area (TPSA) is 49.6 Å². The van der Waals surface area contributed by atoms with Crippen molar-refractivity contribution in [2.24, 2.45) is 17.6 Å². The Morgan fingerprint density at radius 3 is 2.16 bits per heavy atom. The summed E-state index contributed by atoms with van der Waals surface area (Å²) >= 11 is 0. The molecule has 0 aromatic carbocycles. The van der Waals surface area contributed by atoms with E-state index in [-0.39, 0.29) is 11.9 Å². The summed E-state index contributed by atoms with van der Waals surface area (Å²) in [5, 5.41) is 0. The zero-order chi connectivity index (χ0) is 14.4. The number of carbonyl (C=O) groups is 1. The molecular weight excluding hydrogens is 238 g/mol. The van der Waals surface area contributed by atoms with Crippen LogP contribution in [0.2, 0.25) is 0 Å². The molecule has 2 N–H and O–H groups in total. The molecule has 1 fully saturated rings. The number of piperazine rings is 1. The highest BCUT2D eigenvalue weighted by atomic mass is 16.2. The van der Waals surface area contributed by atoms with E-state index in [1.54, 1.807) is 0 Å². The van der Waals surface area contributed by atoms with Crippen LogP contribution < -0.4 is 5.73 Å². The first-order chi connectivity index (χ1) is 8.90. The summed E-state index contributed by atoms with van der Waals surface area (Å²) in [4.78, 5) is 16.6. The average molecular weight is 269 g/mol. The van der Waals surface area contributed by atoms with Gasteiger partial charge in [0.2, 0.25) is 5.91 Å². The van der Waals surface area contributed by atoms with E-state index in [9.17, 15) is 4.79 Å². The van der Waals surface area contributed by atoms with Gasteiger partial charge in [0.15, 0.2) is 0 Å². The molecule has 0 aliphatic carbocycles. The molecule has 1 aliphatic heterocycles. The zero-order valence-electron chi connectivity index (χ0n) is 13.1. The maximum Gasteiger partial charge on any atom is 0.224 e. The normalized spacial score (nSPS) is 19.2. The van der Waals surface area contributed by atoms with Crippen LogP contribution in [0.1, 0.15) is 40.5 Å². The third kappa shape index (κ3) is 5.91. The molecule has 0 saturated carbocycles. The SMILES string of the molecule is CC(C)CCN1CCN(C(=O)CC(N)C(C)C)CC1. The van der Waals surface area contributed by atoms with Crippen LogP contribution in [-0.2, 0) is 4.79 Å². The number of nitrogens with zero attached hydrogens (tertiary/aromatic N) is 2. The number of amides is 1. The third-order valence-corrected chi connectivity index (χ3v) is 4.01. The van der Waals surface area contributed by atoms with E-state index in [0.717, 1.165) is 38.6 Å². The lowest BCUT2D eigenvalue weighted by Gasteiger charge is -2.35. The summed E-state index contributed by atoms with van der Waals surface area (Å²) in [7, 11) is 0. The first-order valence-electron chi connectivity index (χ1n) is 7.65. The van der Waals surface area contributed by atoms with E-state index in [4.69, 9.17) is 5.73 Å². The lowest BCUT2D eigenvalue weighted by Crippen LogP contribution is -2.50. The Morgan fingerprint density at radius 1 is 1.11 bits per heavy atom. The molecule has 112 valence electrons. The van der Waals surface area contributed by atoms with Gasteiger partial charge in [0, 0.05) is 38.6 Å². The standard InChI is InChI=1S/C15H31N3O/c1-12(2)5-6-17-7-9-18(10-8-17)15(19)11-14(16)13(3)4/h12-14H,5-11,16H2,1-4H3. The van der Waals surface area contributed by atoms with Crippen molar-refractivity contribution in [1.82, 2.24) is 9.80 Å². The van der Waals surface area contributed by atoms with Crippen LogP contribution in [-0.4, -0.2) is 54.5 Å². The predicted octanol–water partition coefficient (Wildman–Crippen LogP) is 1.55. The lowest BCUT2D eigenvalue weighted by molar-refractivity contribution is -0.133. The Bertz CT molecular complexity index is 271. The summed E-state index contributed by atoms with van der Waals surface area (Å²) in [5.41, 5.74) is 5.97. The fraction of sp³-hybridized carbons (Fsp3) is 0.933. The van der Waals surface area contributed by atoms with Crippen molar-refractivity contribution in [3.63, 3.8) is 0 Å². The van der Waals surface area contributed by atoms with Crippen molar-refractivity contribution in [2.75, 3.05) is 32.7 Å². The largest absolute Gasteiger partial charge is 0.340 e. The van der Waals surface area contributed by atoms with Gasteiger partial charge in [-0.05, 0) is 24.8 Å². The van der Waals surface area contributed by atoms with Crippen molar-refractivity contribution in [3.8, 4) is 0 Å². The summed E-state index contributed by atoms with van der Waals surface area (Å²) in [5.74, 6) is 1.35. The predicted molar refractivity (Wildman–Crippen MR) is 79.9 cm³/mol. The van der Waals surface area contributed by atoms with Crippen molar-refractivity contribution < 1.29 is 4.79 Å². The van der Waals surface area contributed by atoms with Gasteiger partial charge in [-0.3, -0.25) is 9.69 Å². The Hall–Kier alpha value is -0.610. The van der Waals surface area contributed by atoms with Crippen molar-refractivity contribution in [1.29, 1.82) is 0 Å². The van der Waals surface area contributed by atoms with Crippen molar-refractivity contribution in [3.05, 3.63) is 0 Å². The van der Waals surface area contributed by atoms with Gasteiger partial charge in [-0.1, -0.05) is 27.7 Å². The molecule has 4 heteroatoms. The molecular formula is C15H31N3O. The molecule has 0 aromatic heterocycles. The first kappa shape index (κ1) is 16.4. The molecule has 0 bridgehead atoms.